The average Bonchev–Trinajstić information content (AvgIpc) is 2.83. The SMILES string of the molecule is COCCSc1nc(CO)cn1Cc1ccccc1. The van der Waals surface area contributed by atoms with E-state index in [2.05, 4.69) is 21.7 Å². The van der Waals surface area contributed by atoms with E-state index in [-0.39, 0.29) is 6.61 Å². The minimum Gasteiger partial charge on any atom is -0.390 e. The molecule has 0 atom stereocenters. The quantitative estimate of drug-likeness (QED) is 0.623. The van der Waals surface area contributed by atoms with Gasteiger partial charge in [-0.3, -0.25) is 0 Å². The molecule has 0 unspecified atom stereocenters. The molecule has 2 aromatic rings. The zero-order valence-corrected chi connectivity index (χ0v) is 11.8. The van der Waals surface area contributed by atoms with Gasteiger partial charge in [0.15, 0.2) is 5.16 Å². The molecule has 0 saturated carbocycles. The van der Waals surface area contributed by atoms with Gasteiger partial charge in [0.05, 0.1) is 18.9 Å². The highest BCUT2D eigenvalue weighted by atomic mass is 32.2. The van der Waals surface area contributed by atoms with Crippen LogP contribution in [-0.4, -0.2) is 34.1 Å². The van der Waals surface area contributed by atoms with Crippen LogP contribution in [0.2, 0.25) is 0 Å². The van der Waals surface area contributed by atoms with Gasteiger partial charge in [-0.1, -0.05) is 42.1 Å². The van der Waals surface area contributed by atoms with Crippen molar-refractivity contribution >= 4 is 11.8 Å². The molecule has 0 spiro atoms. The first-order valence-corrected chi connectivity index (χ1v) is 7.14. The molecule has 0 saturated heterocycles. The van der Waals surface area contributed by atoms with Gasteiger partial charge in [-0.05, 0) is 5.56 Å². The Balaban J connectivity index is 2.11. The maximum absolute atomic E-state index is 9.20. The van der Waals surface area contributed by atoms with Crippen molar-refractivity contribution in [2.75, 3.05) is 19.5 Å². The molecule has 0 aliphatic rings. The molecule has 1 heterocycles. The van der Waals surface area contributed by atoms with E-state index >= 15 is 0 Å². The molecule has 1 aromatic heterocycles. The number of nitrogens with zero attached hydrogens (tertiary/aromatic N) is 2. The number of benzene rings is 1. The Labute approximate surface area is 117 Å². The normalized spacial score (nSPS) is 10.8. The van der Waals surface area contributed by atoms with Crippen LogP contribution in [0.4, 0.5) is 0 Å². The number of imidazole rings is 1. The van der Waals surface area contributed by atoms with Crippen molar-refractivity contribution in [2.24, 2.45) is 0 Å². The third-order valence-electron chi connectivity index (χ3n) is 2.67. The van der Waals surface area contributed by atoms with Gasteiger partial charge in [-0.15, -0.1) is 0 Å². The minimum absolute atomic E-state index is 0.0281. The molecule has 0 aliphatic carbocycles. The summed E-state index contributed by atoms with van der Waals surface area (Å²) in [7, 11) is 1.69. The predicted molar refractivity (Wildman–Crippen MR) is 76.3 cm³/mol. The van der Waals surface area contributed by atoms with Crippen LogP contribution in [-0.2, 0) is 17.9 Å². The van der Waals surface area contributed by atoms with Crippen LogP contribution in [0.3, 0.4) is 0 Å². The van der Waals surface area contributed by atoms with Crippen LogP contribution in [0.25, 0.3) is 0 Å². The summed E-state index contributed by atoms with van der Waals surface area (Å²) in [4.78, 5) is 4.42. The Morgan fingerprint density at radius 3 is 2.79 bits per heavy atom. The Hall–Kier alpha value is -1.30. The minimum atomic E-state index is -0.0281. The number of hydrogen-bond donors (Lipinski definition) is 1. The van der Waals surface area contributed by atoms with Crippen molar-refractivity contribution < 1.29 is 9.84 Å². The molecule has 1 N–H and O–H groups in total. The molecule has 19 heavy (non-hydrogen) atoms. The Morgan fingerprint density at radius 1 is 1.32 bits per heavy atom. The number of aromatic nitrogens is 2. The van der Waals surface area contributed by atoms with Gasteiger partial charge >= 0.3 is 0 Å². The van der Waals surface area contributed by atoms with E-state index in [4.69, 9.17) is 4.74 Å². The number of ether oxygens (including phenoxy) is 1. The van der Waals surface area contributed by atoms with Crippen LogP contribution in [0.5, 0.6) is 0 Å². The Kier molecular flexibility index (Phi) is 5.44. The summed E-state index contributed by atoms with van der Waals surface area (Å²) in [6.07, 6.45) is 1.90. The van der Waals surface area contributed by atoms with Gasteiger partial charge in [0.2, 0.25) is 0 Å². The van der Waals surface area contributed by atoms with E-state index in [0.29, 0.717) is 12.3 Å². The lowest BCUT2D eigenvalue weighted by Crippen LogP contribution is -2.01. The first-order chi connectivity index (χ1) is 9.33. The maximum Gasteiger partial charge on any atom is 0.168 e. The molecule has 0 fully saturated rings. The molecule has 0 radical (unpaired) electrons. The number of methoxy groups -OCH3 is 1. The van der Waals surface area contributed by atoms with Crippen molar-refractivity contribution in [3.8, 4) is 0 Å². The van der Waals surface area contributed by atoms with Crippen LogP contribution < -0.4 is 0 Å². The second-order valence-corrected chi connectivity index (χ2v) is 5.19. The first kappa shape index (κ1) is 14.1. The molecule has 2 rings (SSSR count). The number of thioether (sulfide) groups is 1. The lowest BCUT2D eigenvalue weighted by molar-refractivity contribution is 0.218. The summed E-state index contributed by atoms with van der Waals surface area (Å²) in [5.41, 5.74) is 1.92. The second-order valence-electron chi connectivity index (χ2n) is 4.13. The highest BCUT2D eigenvalue weighted by Gasteiger charge is 2.08. The zero-order valence-electron chi connectivity index (χ0n) is 11.0. The Morgan fingerprint density at radius 2 is 2.11 bits per heavy atom. The second kappa shape index (κ2) is 7.33. The summed E-state index contributed by atoms with van der Waals surface area (Å²) >= 11 is 1.64. The van der Waals surface area contributed by atoms with E-state index in [0.717, 1.165) is 17.5 Å². The Bertz CT molecular complexity index is 499. The average molecular weight is 278 g/mol. The largest absolute Gasteiger partial charge is 0.390 e. The van der Waals surface area contributed by atoms with Crippen molar-refractivity contribution in [1.82, 2.24) is 9.55 Å². The summed E-state index contributed by atoms with van der Waals surface area (Å²) in [6, 6.07) is 10.2. The molecular weight excluding hydrogens is 260 g/mol. The maximum atomic E-state index is 9.20. The lowest BCUT2D eigenvalue weighted by Gasteiger charge is -2.07. The van der Waals surface area contributed by atoms with Gasteiger partial charge in [-0.2, -0.15) is 0 Å². The highest BCUT2D eigenvalue weighted by molar-refractivity contribution is 7.99. The van der Waals surface area contributed by atoms with E-state index in [1.165, 1.54) is 5.56 Å². The van der Waals surface area contributed by atoms with Crippen molar-refractivity contribution in [1.29, 1.82) is 0 Å². The molecule has 4 nitrogen and oxygen atoms in total. The summed E-state index contributed by atoms with van der Waals surface area (Å²) in [5.74, 6) is 0.854. The van der Waals surface area contributed by atoms with Crippen LogP contribution >= 0.6 is 11.8 Å². The topological polar surface area (TPSA) is 47.3 Å². The summed E-state index contributed by atoms with van der Waals surface area (Å²) in [6.45, 7) is 1.43. The predicted octanol–water partition coefficient (Wildman–Crippen LogP) is 2.16. The van der Waals surface area contributed by atoms with Gasteiger partial charge in [0, 0.05) is 25.6 Å². The number of hydrogen-bond acceptors (Lipinski definition) is 4. The van der Waals surface area contributed by atoms with Crippen molar-refractivity contribution in [3.05, 3.63) is 47.8 Å². The fraction of sp³-hybridized carbons (Fsp3) is 0.357. The molecule has 0 aliphatic heterocycles. The highest BCUT2D eigenvalue weighted by Crippen LogP contribution is 2.19. The number of aliphatic hydroxyl groups is 1. The van der Waals surface area contributed by atoms with E-state index in [1.54, 1.807) is 18.9 Å². The first-order valence-electron chi connectivity index (χ1n) is 6.16. The zero-order chi connectivity index (χ0) is 13.5. The lowest BCUT2D eigenvalue weighted by atomic mass is 10.2. The fourth-order valence-electron chi connectivity index (χ4n) is 1.75. The standard InChI is InChI=1S/C14H18N2O2S/c1-18-7-8-19-14-15-13(11-17)10-16(14)9-12-5-3-2-4-6-12/h2-6,10,17H,7-9,11H2,1H3. The van der Waals surface area contributed by atoms with Crippen molar-refractivity contribution in [2.45, 2.75) is 18.3 Å². The van der Waals surface area contributed by atoms with Gasteiger partial charge in [-0.25, -0.2) is 4.98 Å². The van der Waals surface area contributed by atoms with Crippen LogP contribution in [0, 0.1) is 0 Å². The van der Waals surface area contributed by atoms with E-state index < -0.39 is 0 Å². The van der Waals surface area contributed by atoms with Gasteiger partial charge in [0.1, 0.15) is 0 Å². The number of rotatable bonds is 7. The monoisotopic (exact) mass is 278 g/mol. The van der Waals surface area contributed by atoms with Crippen molar-refractivity contribution in [3.63, 3.8) is 0 Å². The summed E-state index contributed by atoms with van der Waals surface area (Å²) < 4.78 is 7.12. The van der Waals surface area contributed by atoms with Gasteiger partial charge in [0.25, 0.3) is 0 Å². The number of aliphatic hydroxyl groups excluding tert-OH is 1. The van der Waals surface area contributed by atoms with Crippen LogP contribution in [0.1, 0.15) is 11.3 Å². The molecule has 102 valence electrons. The molecule has 0 bridgehead atoms. The smallest absolute Gasteiger partial charge is 0.168 e. The molecule has 5 heteroatoms. The summed E-state index contributed by atoms with van der Waals surface area (Å²) in [5, 5.41) is 10.1. The van der Waals surface area contributed by atoms with E-state index in [1.807, 2.05) is 24.4 Å². The molecular formula is C14H18N2O2S. The molecule has 0 amide bonds. The van der Waals surface area contributed by atoms with Crippen LogP contribution in [0.15, 0.2) is 41.7 Å². The molecule has 1 aromatic carbocycles. The third kappa shape index (κ3) is 4.09. The van der Waals surface area contributed by atoms with E-state index in [9.17, 15) is 5.11 Å². The van der Waals surface area contributed by atoms with Gasteiger partial charge < -0.3 is 14.4 Å². The third-order valence-corrected chi connectivity index (χ3v) is 3.62. The fourth-order valence-corrected chi connectivity index (χ4v) is 2.65.